The number of likely N-dealkylation sites (N-methyl/N-ethyl adjacent to an activating group) is 1. The molecule has 18 heavy (non-hydrogen) atoms. The largest absolute Gasteiger partial charge is 0.484 e. The molecular weight excluding hydrogens is 254 g/mol. The number of nitrogens with two attached hydrogens (primary N) is 1. The van der Waals surface area contributed by atoms with E-state index in [1.165, 1.54) is 11.5 Å². The van der Waals surface area contributed by atoms with Gasteiger partial charge in [-0.2, -0.15) is 4.37 Å². The second-order valence-electron chi connectivity index (χ2n) is 4.36. The van der Waals surface area contributed by atoms with Crippen LogP contribution in [0.15, 0.2) is 0 Å². The number of aromatic nitrogens is 1. The highest BCUT2D eigenvalue weighted by atomic mass is 32.1. The summed E-state index contributed by atoms with van der Waals surface area (Å²) in [6.07, 6.45) is -0.532. The maximum absolute atomic E-state index is 9.71. The van der Waals surface area contributed by atoms with E-state index in [1.54, 1.807) is 7.11 Å². The van der Waals surface area contributed by atoms with E-state index in [0.29, 0.717) is 24.7 Å². The third kappa shape index (κ3) is 4.01. The van der Waals surface area contributed by atoms with Crippen molar-refractivity contribution in [2.75, 3.05) is 37.9 Å². The van der Waals surface area contributed by atoms with Gasteiger partial charge in [-0.3, -0.25) is 0 Å². The van der Waals surface area contributed by atoms with Crippen LogP contribution in [0.25, 0.3) is 0 Å². The Balaban J connectivity index is 2.75. The number of aliphatic hydroxyl groups excluding tert-OH is 1. The zero-order chi connectivity index (χ0) is 13.7. The predicted octanol–water partition coefficient (Wildman–Crippen LogP) is 0.956. The first-order valence-electron chi connectivity index (χ1n) is 5.75. The summed E-state index contributed by atoms with van der Waals surface area (Å²) in [7, 11) is 3.42. The third-order valence-electron chi connectivity index (χ3n) is 2.20. The van der Waals surface area contributed by atoms with Crippen molar-refractivity contribution in [3.63, 3.8) is 0 Å². The van der Waals surface area contributed by atoms with Gasteiger partial charge >= 0.3 is 0 Å². The average molecular weight is 275 g/mol. The number of ether oxygens (including phenoxy) is 2. The highest BCUT2D eigenvalue weighted by Crippen LogP contribution is 2.38. The van der Waals surface area contributed by atoms with E-state index >= 15 is 0 Å². The van der Waals surface area contributed by atoms with Crippen LogP contribution in [0.3, 0.4) is 0 Å². The van der Waals surface area contributed by atoms with Gasteiger partial charge in [-0.05, 0) is 25.4 Å². The van der Waals surface area contributed by atoms with E-state index in [9.17, 15) is 5.11 Å². The molecule has 0 fully saturated rings. The zero-order valence-electron chi connectivity index (χ0n) is 11.2. The van der Waals surface area contributed by atoms with Gasteiger partial charge in [0.25, 0.3) is 0 Å². The van der Waals surface area contributed by atoms with Crippen molar-refractivity contribution in [2.24, 2.45) is 0 Å². The molecule has 0 aliphatic carbocycles. The monoisotopic (exact) mass is 275 g/mol. The molecule has 104 valence electrons. The zero-order valence-corrected chi connectivity index (χ0v) is 12.0. The lowest BCUT2D eigenvalue weighted by molar-refractivity contribution is 0.0695. The molecule has 1 atom stereocenters. The highest BCUT2D eigenvalue weighted by molar-refractivity contribution is 7.11. The van der Waals surface area contributed by atoms with Gasteiger partial charge < -0.3 is 25.2 Å². The van der Waals surface area contributed by atoms with E-state index in [-0.39, 0.29) is 6.10 Å². The number of aliphatic hydroxyl groups is 1. The maximum Gasteiger partial charge on any atom is 0.198 e. The minimum absolute atomic E-state index is 0.0275. The van der Waals surface area contributed by atoms with Crippen LogP contribution in [0.1, 0.15) is 13.8 Å². The van der Waals surface area contributed by atoms with Gasteiger partial charge in [0, 0.05) is 20.7 Å². The van der Waals surface area contributed by atoms with E-state index in [1.807, 2.05) is 25.8 Å². The Hall–Kier alpha value is -1.05. The molecule has 1 unspecified atom stereocenters. The van der Waals surface area contributed by atoms with Crippen LogP contribution < -0.4 is 15.4 Å². The summed E-state index contributed by atoms with van der Waals surface area (Å²) in [5.41, 5.74) is 5.78. The van der Waals surface area contributed by atoms with E-state index in [0.717, 1.165) is 5.00 Å². The Bertz CT molecular complexity index is 370. The molecule has 1 aromatic rings. The normalized spacial score (nSPS) is 12.8. The molecule has 3 N–H and O–H groups in total. The van der Waals surface area contributed by atoms with Crippen LogP contribution in [-0.4, -0.2) is 49.0 Å². The Kier molecular flexibility index (Phi) is 5.64. The van der Waals surface area contributed by atoms with Gasteiger partial charge in [-0.25, -0.2) is 0 Å². The van der Waals surface area contributed by atoms with Gasteiger partial charge in [-0.15, -0.1) is 0 Å². The summed E-state index contributed by atoms with van der Waals surface area (Å²) in [4.78, 5) is 1.87. The van der Waals surface area contributed by atoms with Gasteiger partial charge in [0.15, 0.2) is 16.6 Å². The fourth-order valence-electron chi connectivity index (χ4n) is 1.52. The molecule has 6 nitrogen and oxygen atoms in total. The lowest BCUT2D eigenvalue weighted by Crippen LogP contribution is -2.31. The van der Waals surface area contributed by atoms with Gasteiger partial charge in [0.05, 0.1) is 18.8 Å². The molecule has 0 bridgehead atoms. The molecule has 0 saturated carbocycles. The number of methoxy groups -OCH3 is 1. The van der Waals surface area contributed by atoms with Gasteiger partial charge in [0.2, 0.25) is 0 Å². The van der Waals surface area contributed by atoms with Crippen LogP contribution >= 0.6 is 11.5 Å². The number of nitrogen functional groups attached to an aromatic ring is 1. The Morgan fingerprint density at radius 3 is 2.72 bits per heavy atom. The smallest absolute Gasteiger partial charge is 0.198 e. The second-order valence-corrected chi connectivity index (χ2v) is 5.11. The average Bonchev–Trinajstić information content (AvgIpc) is 2.60. The summed E-state index contributed by atoms with van der Waals surface area (Å²) in [6, 6.07) is 0. The molecule has 7 heteroatoms. The number of hydrogen-bond acceptors (Lipinski definition) is 7. The predicted molar refractivity (Wildman–Crippen MR) is 73.4 cm³/mol. The van der Waals surface area contributed by atoms with Crippen molar-refractivity contribution in [3.8, 4) is 5.75 Å². The van der Waals surface area contributed by atoms with E-state index in [2.05, 4.69) is 4.37 Å². The Morgan fingerprint density at radius 2 is 2.17 bits per heavy atom. The molecule has 0 aromatic carbocycles. The topological polar surface area (TPSA) is 80.8 Å². The summed E-state index contributed by atoms with van der Waals surface area (Å²) < 4.78 is 14.6. The van der Waals surface area contributed by atoms with E-state index in [4.69, 9.17) is 15.2 Å². The summed E-state index contributed by atoms with van der Waals surface area (Å²) in [5.74, 6) is 0.971. The molecule has 0 radical (unpaired) electrons. The summed E-state index contributed by atoms with van der Waals surface area (Å²) in [6.45, 7) is 4.59. The van der Waals surface area contributed by atoms with Crippen molar-refractivity contribution in [1.82, 2.24) is 4.37 Å². The molecule has 0 saturated heterocycles. The third-order valence-corrected chi connectivity index (χ3v) is 3.16. The Labute approximate surface area is 111 Å². The molecule has 1 aromatic heterocycles. The molecule has 0 aliphatic rings. The molecule has 0 amide bonds. The molecular formula is C11H21N3O3S. The Morgan fingerprint density at radius 1 is 1.50 bits per heavy atom. The van der Waals surface area contributed by atoms with Gasteiger partial charge in [-0.1, -0.05) is 0 Å². The first kappa shape index (κ1) is 15.0. The standard InChI is InChI=1S/C11H21N3O3S/c1-7(2)17-9-10(12)13-18-11(9)14(3)5-8(15)6-16-4/h7-8,15H,5-6H2,1-4H3,(H2,12,13). The van der Waals surface area contributed by atoms with Crippen LogP contribution in [0, 0.1) is 0 Å². The SMILES string of the molecule is COCC(O)CN(C)c1snc(N)c1OC(C)C. The summed E-state index contributed by atoms with van der Waals surface area (Å²) >= 11 is 1.26. The van der Waals surface area contributed by atoms with Crippen molar-refractivity contribution < 1.29 is 14.6 Å². The van der Waals surface area contributed by atoms with Crippen LogP contribution in [-0.2, 0) is 4.74 Å². The van der Waals surface area contributed by atoms with Crippen LogP contribution in [0.4, 0.5) is 10.8 Å². The molecule has 1 rings (SSSR count). The number of nitrogens with zero attached hydrogens (tertiary/aromatic N) is 2. The minimum atomic E-state index is -0.560. The lowest BCUT2D eigenvalue weighted by Gasteiger charge is -2.22. The van der Waals surface area contributed by atoms with E-state index < -0.39 is 6.10 Å². The molecule has 1 heterocycles. The van der Waals surface area contributed by atoms with Crippen molar-refractivity contribution in [3.05, 3.63) is 0 Å². The van der Waals surface area contributed by atoms with Crippen LogP contribution in [0.5, 0.6) is 5.75 Å². The minimum Gasteiger partial charge on any atom is -0.484 e. The first-order valence-corrected chi connectivity index (χ1v) is 6.53. The fraction of sp³-hybridized carbons (Fsp3) is 0.727. The van der Waals surface area contributed by atoms with Crippen molar-refractivity contribution in [2.45, 2.75) is 26.1 Å². The molecule has 0 spiro atoms. The maximum atomic E-state index is 9.71. The quantitative estimate of drug-likeness (QED) is 0.771. The lowest BCUT2D eigenvalue weighted by atomic mass is 10.3. The number of anilines is 2. The number of rotatable bonds is 7. The number of hydrogen-bond donors (Lipinski definition) is 2. The van der Waals surface area contributed by atoms with Crippen molar-refractivity contribution in [1.29, 1.82) is 0 Å². The molecule has 0 aliphatic heterocycles. The van der Waals surface area contributed by atoms with Gasteiger partial charge in [0.1, 0.15) is 0 Å². The highest BCUT2D eigenvalue weighted by Gasteiger charge is 2.19. The second kappa shape index (κ2) is 6.77. The fourth-order valence-corrected chi connectivity index (χ4v) is 2.24. The van der Waals surface area contributed by atoms with Crippen LogP contribution in [0.2, 0.25) is 0 Å². The first-order chi connectivity index (χ1) is 8.45. The summed E-state index contributed by atoms with van der Waals surface area (Å²) in [5, 5.41) is 10.5. The van der Waals surface area contributed by atoms with Crippen molar-refractivity contribution >= 4 is 22.4 Å².